The quantitative estimate of drug-likeness (QED) is 0.337. The molecule has 5 aromatic rings. The lowest BCUT2D eigenvalue weighted by Crippen LogP contribution is -2.32. The number of aromatic nitrogens is 5. The molecule has 10 nitrogen and oxygen atoms in total. The zero-order valence-electron chi connectivity index (χ0n) is 22.8. The van der Waals surface area contributed by atoms with E-state index >= 15 is 4.39 Å². The third-order valence-corrected chi connectivity index (χ3v) is 7.97. The molecule has 2 aliphatic rings. The lowest BCUT2D eigenvalue weighted by molar-refractivity contribution is 0.0704. The summed E-state index contributed by atoms with van der Waals surface area (Å²) in [6.45, 7) is 2.89. The smallest absolute Gasteiger partial charge is 0.257 e. The maximum atomic E-state index is 15.2. The van der Waals surface area contributed by atoms with Crippen LogP contribution in [0, 0.1) is 17.7 Å². The minimum absolute atomic E-state index is 0.0552. The Morgan fingerprint density at radius 2 is 2.00 bits per heavy atom. The Labute approximate surface area is 235 Å². The van der Waals surface area contributed by atoms with Gasteiger partial charge in [0.25, 0.3) is 5.91 Å². The summed E-state index contributed by atoms with van der Waals surface area (Å²) < 4.78 is 25.0. The first kappa shape index (κ1) is 25.0. The van der Waals surface area contributed by atoms with Crippen LogP contribution in [-0.2, 0) is 20.1 Å². The number of aryl methyl sites for hydroxylation is 1. The van der Waals surface area contributed by atoms with Gasteiger partial charge in [-0.3, -0.25) is 14.4 Å². The van der Waals surface area contributed by atoms with Gasteiger partial charge in [-0.2, -0.15) is 5.10 Å². The lowest BCUT2D eigenvalue weighted by atomic mass is 10.0. The van der Waals surface area contributed by atoms with Crippen LogP contribution in [0.2, 0.25) is 0 Å². The molecule has 0 bridgehead atoms. The summed E-state index contributed by atoms with van der Waals surface area (Å²) in [5.74, 6) is 7.27. The first-order valence-electron chi connectivity index (χ1n) is 13.3. The fraction of sp³-hybridized carbons (Fsp3) is 0.267. The average molecular weight is 551 g/mol. The molecule has 1 amide bonds. The number of hydrogen-bond acceptors (Lipinski definition) is 7. The maximum absolute atomic E-state index is 15.2. The number of fused-ring (bicyclic) bond motifs is 5. The van der Waals surface area contributed by atoms with E-state index in [1.54, 1.807) is 25.0 Å². The van der Waals surface area contributed by atoms with Gasteiger partial charge in [0.1, 0.15) is 35.5 Å². The number of nitrogens with two attached hydrogens (primary N) is 1. The summed E-state index contributed by atoms with van der Waals surface area (Å²) in [5, 5.41) is 5.51. The second kappa shape index (κ2) is 9.31. The number of halogens is 1. The van der Waals surface area contributed by atoms with E-state index < -0.39 is 11.7 Å². The van der Waals surface area contributed by atoms with Crippen LogP contribution in [0.15, 0.2) is 42.7 Å². The molecule has 0 spiro atoms. The van der Waals surface area contributed by atoms with Crippen molar-refractivity contribution >= 4 is 33.5 Å². The molecule has 1 atom stereocenters. The van der Waals surface area contributed by atoms with Gasteiger partial charge >= 0.3 is 0 Å². The molecule has 1 unspecified atom stereocenters. The molecule has 11 heteroatoms. The molecule has 0 saturated carbocycles. The number of carbonyl (C=O) groups excluding carboxylic acids is 1. The molecule has 3 aromatic heterocycles. The zero-order chi connectivity index (χ0) is 28.4. The van der Waals surface area contributed by atoms with Gasteiger partial charge in [-0.05, 0) is 31.2 Å². The number of nitrogen functional groups attached to an aromatic ring is 1. The average Bonchev–Trinajstić information content (AvgIpc) is 3.67. The number of benzene rings is 2. The standard InChI is InChI=1S/C30H27FN8O2/c1-36-8-9-39-18(13-33-27(39)15-36)6-4-17-5-7-19-25(16-41-26(19)10-17)37(2)30(40)20-11-21-24(12-23(20)31)35-29(32)22-14-34-38(3)28(21)22/h5,7,10-14,25H,8-9,15-16H2,1-3H3,(H2,32,35). The van der Waals surface area contributed by atoms with Gasteiger partial charge in [-0.15, -0.1) is 0 Å². The number of anilines is 1. The predicted molar refractivity (Wildman–Crippen MR) is 152 cm³/mol. The summed E-state index contributed by atoms with van der Waals surface area (Å²) in [7, 11) is 5.51. The van der Waals surface area contributed by atoms with Crippen LogP contribution in [0.25, 0.3) is 21.8 Å². The molecule has 0 aliphatic carbocycles. The monoisotopic (exact) mass is 550 g/mol. The Bertz CT molecular complexity index is 1950. The van der Waals surface area contributed by atoms with Crippen LogP contribution in [0.4, 0.5) is 10.2 Å². The molecule has 206 valence electrons. The Balaban J connectivity index is 1.16. The van der Waals surface area contributed by atoms with Gasteiger partial charge in [0.2, 0.25) is 0 Å². The largest absolute Gasteiger partial charge is 0.491 e. The van der Waals surface area contributed by atoms with Crippen molar-refractivity contribution in [2.75, 3.05) is 33.0 Å². The Morgan fingerprint density at radius 1 is 1.15 bits per heavy atom. The number of imidazole rings is 1. The number of likely N-dealkylation sites (N-methyl/N-ethyl adjacent to an activating group) is 2. The highest BCUT2D eigenvalue weighted by molar-refractivity contribution is 6.10. The fourth-order valence-corrected chi connectivity index (χ4v) is 5.68. The van der Waals surface area contributed by atoms with Gasteiger partial charge < -0.3 is 19.9 Å². The molecule has 2 N–H and O–H groups in total. The van der Waals surface area contributed by atoms with E-state index in [9.17, 15) is 4.79 Å². The van der Waals surface area contributed by atoms with E-state index in [4.69, 9.17) is 10.5 Å². The number of hydrogen-bond donors (Lipinski definition) is 1. The van der Waals surface area contributed by atoms with Crippen molar-refractivity contribution in [3.63, 3.8) is 0 Å². The van der Waals surface area contributed by atoms with Crippen LogP contribution in [0.5, 0.6) is 5.75 Å². The van der Waals surface area contributed by atoms with Crippen molar-refractivity contribution in [2.24, 2.45) is 7.05 Å². The van der Waals surface area contributed by atoms with Crippen molar-refractivity contribution < 1.29 is 13.9 Å². The third-order valence-electron chi connectivity index (χ3n) is 7.97. The van der Waals surface area contributed by atoms with Crippen molar-refractivity contribution in [2.45, 2.75) is 19.1 Å². The van der Waals surface area contributed by atoms with Crippen molar-refractivity contribution in [1.29, 1.82) is 0 Å². The van der Waals surface area contributed by atoms with E-state index in [0.29, 0.717) is 27.6 Å². The van der Waals surface area contributed by atoms with Crippen LogP contribution in [-0.4, -0.2) is 67.3 Å². The van der Waals surface area contributed by atoms with Gasteiger partial charge in [-0.25, -0.2) is 14.4 Å². The molecule has 0 radical (unpaired) electrons. The first-order chi connectivity index (χ1) is 19.8. The van der Waals surface area contributed by atoms with E-state index in [1.165, 1.54) is 17.0 Å². The van der Waals surface area contributed by atoms with Crippen LogP contribution in [0.1, 0.15) is 39.0 Å². The highest BCUT2D eigenvalue weighted by atomic mass is 19.1. The molecule has 41 heavy (non-hydrogen) atoms. The molecule has 7 rings (SSSR count). The molecule has 0 saturated heterocycles. The van der Waals surface area contributed by atoms with E-state index in [-0.39, 0.29) is 24.0 Å². The minimum Gasteiger partial charge on any atom is -0.491 e. The van der Waals surface area contributed by atoms with E-state index in [0.717, 1.165) is 42.3 Å². The zero-order valence-corrected chi connectivity index (χ0v) is 22.8. The van der Waals surface area contributed by atoms with E-state index in [1.807, 2.05) is 24.4 Å². The van der Waals surface area contributed by atoms with Gasteiger partial charge in [0, 0.05) is 49.8 Å². The summed E-state index contributed by atoms with van der Waals surface area (Å²) in [6, 6.07) is 8.12. The fourth-order valence-electron chi connectivity index (χ4n) is 5.68. The molecule has 5 heterocycles. The first-order valence-corrected chi connectivity index (χ1v) is 13.3. The third kappa shape index (κ3) is 4.06. The lowest BCUT2D eigenvalue weighted by Gasteiger charge is -2.24. The number of carbonyl (C=O) groups is 1. The van der Waals surface area contributed by atoms with Crippen molar-refractivity contribution in [3.8, 4) is 17.6 Å². The maximum Gasteiger partial charge on any atom is 0.257 e. The highest BCUT2D eigenvalue weighted by Gasteiger charge is 2.32. The minimum atomic E-state index is -0.666. The number of rotatable bonds is 2. The van der Waals surface area contributed by atoms with Crippen molar-refractivity contribution in [3.05, 3.63) is 76.8 Å². The van der Waals surface area contributed by atoms with Crippen molar-refractivity contribution in [1.82, 2.24) is 34.1 Å². The molecular weight excluding hydrogens is 523 g/mol. The highest BCUT2D eigenvalue weighted by Crippen LogP contribution is 2.37. The topological polar surface area (TPSA) is 107 Å². The summed E-state index contributed by atoms with van der Waals surface area (Å²) in [5.41, 5.74) is 9.59. The summed E-state index contributed by atoms with van der Waals surface area (Å²) >= 11 is 0. The van der Waals surface area contributed by atoms with Gasteiger partial charge in [-0.1, -0.05) is 12.0 Å². The number of amides is 1. The molecule has 0 fully saturated rings. The molecule has 2 aliphatic heterocycles. The Hall–Kier alpha value is -4.95. The second-order valence-electron chi connectivity index (χ2n) is 10.6. The number of ether oxygens (including phenoxy) is 1. The van der Waals surface area contributed by atoms with Crippen LogP contribution in [0.3, 0.4) is 0 Å². The Kier molecular flexibility index (Phi) is 5.69. The molecular formula is C30H27FN8O2. The molecule has 2 aromatic carbocycles. The van der Waals surface area contributed by atoms with Crippen LogP contribution >= 0.6 is 0 Å². The predicted octanol–water partition coefficient (Wildman–Crippen LogP) is 3.09. The van der Waals surface area contributed by atoms with E-state index in [2.05, 4.69) is 43.4 Å². The van der Waals surface area contributed by atoms with Crippen LogP contribution < -0.4 is 10.5 Å². The normalized spacial score (nSPS) is 16.2. The summed E-state index contributed by atoms with van der Waals surface area (Å²) in [6.07, 6.45) is 3.43. The number of nitrogens with zero attached hydrogens (tertiary/aromatic N) is 7. The van der Waals surface area contributed by atoms with Gasteiger partial charge in [0.05, 0.1) is 47.0 Å². The number of pyridine rings is 1. The summed E-state index contributed by atoms with van der Waals surface area (Å²) in [4.78, 5) is 26.2. The second-order valence-corrected chi connectivity index (χ2v) is 10.6. The SMILES string of the molecule is CN1CCn2c(C#Cc3ccc4c(c3)OCC4N(C)C(=O)c3cc4c(cc3F)nc(N)c3cnn(C)c34)cnc2C1. The Morgan fingerprint density at radius 3 is 2.85 bits per heavy atom. The van der Waals surface area contributed by atoms with Gasteiger partial charge in [0.15, 0.2) is 0 Å².